The molecular formula is C13H19N3O2. The van der Waals surface area contributed by atoms with E-state index < -0.39 is 0 Å². The summed E-state index contributed by atoms with van der Waals surface area (Å²) in [6.07, 6.45) is 4.09. The fourth-order valence-electron chi connectivity index (χ4n) is 2.48. The van der Waals surface area contributed by atoms with Crippen LogP contribution in [-0.4, -0.2) is 29.3 Å². The van der Waals surface area contributed by atoms with Crippen LogP contribution in [0.4, 0.5) is 5.82 Å². The highest BCUT2D eigenvalue weighted by atomic mass is 16.5. The molecule has 5 nitrogen and oxygen atoms in total. The van der Waals surface area contributed by atoms with Crippen LogP contribution in [0.15, 0.2) is 0 Å². The third-order valence-electron chi connectivity index (χ3n) is 3.87. The zero-order valence-electron chi connectivity index (χ0n) is 10.7. The molecule has 1 aliphatic carbocycles. The Morgan fingerprint density at radius 2 is 2.06 bits per heavy atom. The third-order valence-corrected chi connectivity index (χ3v) is 3.87. The summed E-state index contributed by atoms with van der Waals surface area (Å²) < 4.78 is 5.37. The second-order valence-corrected chi connectivity index (χ2v) is 5.26. The van der Waals surface area contributed by atoms with Gasteiger partial charge in [0.05, 0.1) is 0 Å². The lowest BCUT2D eigenvalue weighted by Gasteiger charge is -2.21. The number of H-pyrrole nitrogens is 1. The van der Waals surface area contributed by atoms with Crippen molar-refractivity contribution in [2.75, 3.05) is 18.5 Å². The van der Waals surface area contributed by atoms with E-state index in [2.05, 4.69) is 15.5 Å². The molecule has 0 spiro atoms. The van der Waals surface area contributed by atoms with Gasteiger partial charge in [0.1, 0.15) is 0 Å². The minimum Gasteiger partial charge on any atom is -0.381 e. The Bertz CT molecular complexity index is 445. The second kappa shape index (κ2) is 4.72. The first kappa shape index (κ1) is 11.7. The number of carbonyl (C=O) groups is 1. The monoisotopic (exact) mass is 249 g/mol. The van der Waals surface area contributed by atoms with Crippen molar-refractivity contribution in [2.45, 2.75) is 38.5 Å². The first-order valence-electron chi connectivity index (χ1n) is 6.69. The van der Waals surface area contributed by atoms with Crippen molar-refractivity contribution in [1.29, 1.82) is 0 Å². The van der Waals surface area contributed by atoms with Gasteiger partial charge in [0.2, 0.25) is 5.91 Å². The van der Waals surface area contributed by atoms with Crippen molar-refractivity contribution >= 4 is 11.7 Å². The first-order chi connectivity index (χ1) is 8.75. The van der Waals surface area contributed by atoms with Crippen LogP contribution in [-0.2, 0) is 9.53 Å². The molecule has 0 aromatic carbocycles. The molecule has 0 radical (unpaired) electrons. The van der Waals surface area contributed by atoms with E-state index in [0.717, 1.165) is 50.2 Å². The van der Waals surface area contributed by atoms with E-state index in [4.69, 9.17) is 4.74 Å². The SMILES string of the molecule is Cc1c(NC(=O)C2CC2)n[nH]c1C1CCOCC1. The Balaban J connectivity index is 1.72. The highest BCUT2D eigenvalue weighted by Crippen LogP contribution is 2.33. The van der Waals surface area contributed by atoms with Crippen LogP contribution in [0.5, 0.6) is 0 Å². The maximum Gasteiger partial charge on any atom is 0.228 e. The molecule has 0 unspecified atom stereocenters. The Morgan fingerprint density at radius 3 is 2.72 bits per heavy atom. The topological polar surface area (TPSA) is 67.0 Å². The van der Waals surface area contributed by atoms with Gasteiger partial charge in [-0.3, -0.25) is 9.89 Å². The van der Waals surface area contributed by atoms with E-state index in [9.17, 15) is 4.79 Å². The molecule has 1 aromatic rings. The molecule has 3 rings (SSSR count). The lowest BCUT2D eigenvalue weighted by molar-refractivity contribution is -0.117. The summed E-state index contributed by atoms with van der Waals surface area (Å²) in [6.45, 7) is 3.65. The summed E-state index contributed by atoms with van der Waals surface area (Å²) in [5.74, 6) is 1.52. The van der Waals surface area contributed by atoms with Crippen LogP contribution in [0.2, 0.25) is 0 Å². The first-order valence-corrected chi connectivity index (χ1v) is 6.69. The minimum absolute atomic E-state index is 0.114. The Labute approximate surface area is 106 Å². The number of amides is 1. The van der Waals surface area contributed by atoms with Gasteiger partial charge < -0.3 is 10.1 Å². The number of hydrogen-bond acceptors (Lipinski definition) is 3. The van der Waals surface area contributed by atoms with E-state index in [1.165, 1.54) is 0 Å². The molecule has 18 heavy (non-hydrogen) atoms. The molecule has 1 saturated carbocycles. The van der Waals surface area contributed by atoms with Crippen LogP contribution in [0, 0.1) is 12.8 Å². The van der Waals surface area contributed by atoms with Crippen LogP contribution < -0.4 is 5.32 Å². The molecule has 1 saturated heterocycles. The number of nitrogens with one attached hydrogen (secondary N) is 2. The molecule has 0 bridgehead atoms. The van der Waals surface area contributed by atoms with Crippen molar-refractivity contribution < 1.29 is 9.53 Å². The van der Waals surface area contributed by atoms with Crippen molar-refractivity contribution in [2.24, 2.45) is 5.92 Å². The number of aromatic amines is 1. The number of hydrogen-bond donors (Lipinski definition) is 2. The largest absolute Gasteiger partial charge is 0.381 e. The predicted molar refractivity (Wildman–Crippen MR) is 67.5 cm³/mol. The van der Waals surface area contributed by atoms with Gasteiger partial charge in [-0.1, -0.05) is 0 Å². The zero-order chi connectivity index (χ0) is 12.5. The van der Waals surface area contributed by atoms with E-state index in [0.29, 0.717) is 11.7 Å². The molecule has 98 valence electrons. The minimum atomic E-state index is 0.114. The lowest BCUT2D eigenvalue weighted by Crippen LogP contribution is -2.16. The van der Waals surface area contributed by atoms with Crippen LogP contribution in [0.3, 0.4) is 0 Å². The number of aromatic nitrogens is 2. The highest BCUT2D eigenvalue weighted by Gasteiger charge is 2.31. The average molecular weight is 249 g/mol. The number of rotatable bonds is 3. The number of carbonyl (C=O) groups excluding carboxylic acids is 1. The zero-order valence-corrected chi connectivity index (χ0v) is 10.7. The molecular weight excluding hydrogens is 230 g/mol. The van der Waals surface area contributed by atoms with Gasteiger partial charge in [-0.05, 0) is 32.6 Å². The van der Waals surface area contributed by atoms with Gasteiger partial charge >= 0.3 is 0 Å². The summed E-state index contributed by atoms with van der Waals surface area (Å²) in [7, 11) is 0. The summed E-state index contributed by atoms with van der Waals surface area (Å²) in [4.78, 5) is 11.7. The fourth-order valence-corrected chi connectivity index (χ4v) is 2.48. The normalized spacial score (nSPS) is 20.9. The molecule has 2 N–H and O–H groups in total. The fraction of sp³-hybridized carbons (Fsp3) is 0.692. The number of nitrogens with zero attached hydrogens (tertiary/aromatic N) is 1. The van der Waals surface area contributed by atoms with Crippen molar-refractivity contribution in [3.05, 3.63) is 11.3 Å². The van der Waals surface area contributed by atoms with E-state index in [-0.39, 0.29) is 11.8 Å². The maximum absolute atomic E-state index is 11.7. The molecule has 2 aliphatic rings. The van der Waals surface area contributed by atoms with Gasteiger partial charge in [-0.2, -0.15) is 5.10 Å². The van der Waals surface area contributed by atoms with Crippen LogP contribution in [0.1, 0.15) is 42.9 Å². The van der Waals surface area contributed by atoms with Crippen molar-refractivity contribution in [3.8, 4) is 0 Å². The van der Waals surface area contributed by atoms with Gasteiger partial charge in [-0.25, -0.2) is 0 Å². The van der Waals surface area contributed by atoms with E-state index >= 15 is 0 Å². The lowest BCUT2D eigenvalue weighted by atomic mass is 9.94. The van der Waals surface area contributed by atoms with Crippen LogP contribution in [0.25, 0.3) is 0 Å². The molecule has 0 atom stereocenters. The molecule has 1 aliphatic heterocycles. The predicted octanol–water partition coefficient (Wildman–Crippen LogP) is 1.96. The average Bonchev–Trinajstić information content (AvgIpc) is 3.18. The molecule has 2 heterocycles. The maximum atomic E-state index is 11.7. The third kappa shape index (κ3) is 2.27. The Hall–Kier alpha value is -1.36. The van der Waals surface area contributed by atoms with E-state index in [1.807, 2.05) is 6.92 Å². The molecule has 1 aromatic heterocycles. The second-order valence-electron chi connectivity index (χ2n) is 5.26. The number of ether oxygens (including phenoxy) is 1. The van der Waals surface area contributed by atoms with Crippen LogP contribution >= 0.6 is 0 Å². The van der Waals surface area contributed by atoms with Gasteiger partial charge in [0.25, 0.3) is 0 Å². The quantitative estimate of drug-likeness (QED) is 0.860. The summed E-state index contributed by atoms with van der Waals surface area (Å²) >= 11 is 0. The van der Waals surface area contributed by atoms with Gasteiger partial charge in [0, 0.05) is 36.3 Å². The van der Waals surface area contributed by atoms with Gasteiger partial charge in [-0.15, -0.1) is 0 Å². The Kier molecular flexibility index (Phi) is 3.07. The Morgan fingerprint density at radius 1 is 1.33 bits per heavy atom. The molecule has 2 fully saturated rings. The standard InChI is InChI=1S/C13H19N3O2/c1-8-11(9-4-6-18-7-5-9)15-16-12(8)14-13(17)10-2-3-10/h9-10H,2-7H2,1H3,(H2,14,15,16,17). The van der Waals surface area contributed by atoms with Gasteiger partial charge in [0.15, 0.2) is 5.82 Å². The molecule has 1 amide bonds. The van der Waals surface area contributed by atoms with E-state index in [1.54, 1.807) is 0 Å². The molecule has 5 heteroatoms. The summed E-state index contributed by atoms with van der Waals surface area (Å²) in [6, 6.07) is 0. The highest BCUT2D eigenvalue weighted by molar-refractivity contribution is 5.93. The van der Waals surface area contributed by atoms with Crippen molar-refractivity contribution in [1.82, 2.24) is 10.2 Å². The smallest absolute Gasteiger partial charge is 0.228 e. The van der Waals surface area contributed by atoms with Crippen molar-refractivity contribution in [3.63, 3.8) is 0 Å². The summed E-state index contributed by atoms with van der Waals surface area (Å²) in [5, 5.41) is 10.3. The summed E-state index contributed by atoms with van der Waals surface area (Å²) in [5.41, 5.74) is 2.24. The number of anilines is 1.